The van der Waals surface area contributed by atoms with Crippen LogP contribution in [-0.4, -0.2) is 74.6 Å². The van der Waals surface area contributed by atoms with Crippen molar-refractivity contribution in [1.29, 1.82) is 0 Å². The number of benzene rings is 1. The Bertz CT molecular complexity index is 767. The van der Waals surface area contributed by atoms with Crippen molar-refractivity contribution in [3.63, 3.8) is 0 Å². The van der Waals surface area contributed by atoms with E-state index in [0.717, 1.165) is 6.42 Å². The number of likely N-dealkylation sites (N-methyl/N-ethyl adjacent to an activating group) is 1. The van der Waals surface area contributed by atoms with E-state index in [0.29, 0.717) is 50.6 Å². The van der Waals surface area contributed by atoms with Crippen LogP contribution in [0.5, 0.6) is 11.5 Å². The van der Waals surface area contributed by atoms with Crippen molar-refractivity contribution in [3.8, 4) is 11.5 Å². The zero-order valence-electron chi connectivity index (χ0n) is 14.8. The third kappa shape index (κ3) is 4.11. The van der Waals surface area contributed by atoms with Gasteiger partial charge < -0.3 is 14.6 Å². The SMILES string of the molecule is CN(CC(=O)O)C1CCCN(S(=O)(=O)c2ccc3c(c2)OCCO3)CC1. The number of nitrogens with zero attached hydrogens (tertiary/aromatic N) is 2. The van der Waals surface area contributed by atoms with E-state index >= 15 is 0 Å². The third-order valence-electron chi connectivity index (χ3n) is 4.82. The van der Waals surface area contributed by atoms with E-state index in [1.165, 1.54) is 10.4 Å². The van der Waals surface area contributed by atoms with Gasteiger partial charge in [0.25, 0.3) is 0 Å². The lowest BCUT2D eigenvalue weighted by atomic mass is 10.1. The molecule has 0 bridgehead atoms. The van der Waals surface area contributed by atoms with E-state index in [1.807, 2.05) is 0 Å². The van der Waals surface area contributed by atoms with Gasteiger partial charge in [-0.05, 0) is 38.4 Å². The first-order valence-electron chi connectivity index (χ1n) is 8.70. The summed E-state index contributed by atoms with van der Waals surface area (Å²) in [6, 6.07) is 4.75. The molecule has 2 aliphatic rings. The molecule has 2 aliphatic heterocycles. The Balaban J connectivity index is 1.73. The molecule has 0 radical (unpaired) electrons. The summed E-state index contributed by atoms with van der Waals surface area (Å²) in [4.78, 5) is 12.9. The van der Waals surface area contributed by atoms with Gasteiger partial charge in [-0.15, -0.1) is 0 Å². The summed E-state index contributed by atoms with van der Waals surface area (Å²) in [5.74, 6) is 0.130. The number of sulfonamides is 1. The molecule has 0 spiro atoms. The number of carboxylic acid groups (broad SMARTS) is 1. The Hall–Kier alpha value is -1.84. The first-order chi connectivity index (χ1) is 12.4. The predicted molar refractivity (Wildman–Crippen MR) is 94.1 cm³/mol. The maximum atomic E-state index is 13.0. The molecule has 0 aliphatic carbocycles. The fourth-order valence-corrected chi connectivity index (χ4v) is 4.92. The molecule has 1 N–H and O–H groups in total. The molecule has 0 amide bonds. The third-order valence-corrected chi connectivity index (χ3v) is 6.71. The van der Waals surface area contributed by atoms with E-state index in [9.17, 15) is 13.2 Å². The molecule has 0 saturated carbocycles. The molecule has 1 unspecified atom stereocenters. The number of hydrogen-bond donors (Lipinski definition) is 1. The Labute approximate surface area is 153 Å². The Morgan fingerprint density at radius 2 is 1.96 bits per heavy atom. The first-order valence-corrected chi connectivity index (χ1v) is 10.1. The van der Waals surface area contributed by atoms with E-state index in [4.69, 9.17) is 14.6 Å². The predicted octanol–water partition coefficient (Wildman–Crippen LogP) is 1.02. The number of rotatable bonds is 5. The van der Waals surface area contributed by atoms with E-state index in [2.05, 4.69) is 0 Å². The van der Waals surface area contributed by atoms with Gasteiger partial charge >= 0.3 is 5.97 Å². The zero-order valence-corrected chi connectivity index (χ0v) is 15.6. The van der Waals surface area contributed by atoms with Gasteiger partial charge in [0.15, 0.2) is 11.5 Å². The van der Waals surface area contributed by atoms with E-state index in [-0.39, 0.29) is 17.5 Å². The van der Waals surface area contributed by atoms with Gasteiger partial charge in [-0.1, -0.05) is 0 Å². The van der Waals surface area contributed by atoms with Crippen LogP contribution < -0.4 is 9.47 Å². The Morgan fingerprint density at radius 3 is 2.69 bits per heavy atom. The molecule has 1 atom stereocenters. The highest BCUT2D eigenvalue weighted by Crippen LogP contribution is 2.33. The van der Waals surface area contributed by atoms with Crippen LogP contribution in [-0.2, 0) is 14.8 Å². The standard InChI is InChI=1S/C17H24N2O6S/c1-18(12-17(20)21)13-3-2-7-19(8-6-13)26(22,23)14-4-5-15-16(11-14)25-10-9-24-15/h4-5,11,13H,2-3,6-10,12H2,1H3,(H,20,21). The van der Waals surface area contributed by atoms with Crippen molar-refractivity contribution in [2.24, 2.45) is 0 Å². The molecular weight excluding hydrogens is 360 g/mol. The minimum atomic E-state index is -3.63. The highest BCUT2D eigenvalue weighted by atomic mass is 32.2. The number of aliphatic carboxylic acids is 1. The van der Waals surface area contributed by atoms with Gasteiger partial charge in [-0.25, -0.2) is 8.42 Å². The highest BCUT2D eigenvalue weighted by Gasteiger charge is 2.30. The topological polar surface area (TPSA) is 96.4 Å². The van der Waals surface area contributed by atoms with Crippen LogP contribution in [0.2, 0.25) is 0 Å². The Morgan fingerprint density at radius 1 is 1.23 bits per heavy atom. The van der Waals surface area contributed by atoms with Crippen LogP contribution >= 0.6 is 0 Å². The first kappa shape index (κ1) is 18.9. The second-order valence-electron chi connectivity index (χ2n) is 6.60. The number of carbonyl (C=O) groups is 1. The van der Waals surface area contributed by atoms with Crippen LogP contribution in [0.1, 0.15) is 19.3 Å². The lowest BCUT2D eigenvalue weighted by Gasteiger charge is -2.25. The lowest BCUT2D eigenvalue weighted by Crippen LogP contribution is -2.37. The minimum Gasteiger partial charge on any atom is -0.486 e. The second-order valence-corrected chi connectivity index (χ2v) is 8.54. The fraction of sp³-hybridized carbons (Fsp3) is 0.588. The molecule has 1 aromatic carbocycles. The summed E-state index contributed by atoms with van der Waals surface area (Å²) in [5.41, 5.74) is 0. The number of ether oxygens (including phenoxy) is 2. The summed E-state index contributed by atoms with van der Waals surface area (Å²) in [6.45, 7) is 1.60. The second kappa shape index (κ2) is 7.81. The molecule has 144 valence electrons. The van der Waals surface area contributed by atoms with Gasteiger partial charge in [-0.2, -0.15) is 4.31 Å². The van der Waals surface area contributed by atoms with Gasteiger partial charge in [0, 0.05) is 25.2 Å². The number of carboxylic acids is 1. The summed E-state index contributed by atoms with van der Waals surface area (Å²) in [6.07, 6.45) is 2.07. The maximum Gasteiger partial charge on any atom is 0.317 e. The van der Waals surface area contributed by atoms with Crippen molar-refractivity contribution in [2.75, 3.05) is 39.9 Å². The number of fused-ring (bicyclic) bond motifs is 1. The van der Waals surface area contributed by atoms with Gasteiger partial charge in [0.2, 0.25) is 10.0 Å². The monoisotopic (exact) mass is 384 g/mol. The van der Waals surface area contributed by atoms with E-state index < -0.39 is 16.0 Å². The average molecular weight is 384 g/mol. The lowest BCUT2D eigenvalue weighted by molar-refractivity contribution is -0.138. The van der Waals surface area contributed by atoms with Crippen LogP contribution in [0, 0.1) is 0 Å². The summed E-state index contributed by atoms with van der Waals surface area (Å²) < 4.78 is 38.4. The smallest absolute Gasteiger partial charge is 0.317 e. The minimum absolute atomic E-state index is 0.0421. The number of hydrogen-bond acceptors (Lipinski definition) is 6. The van der Waals surface area contributed by atoms with Crippen molar-refractivity contribution in [1.82, 2.24) is 9.21 Å². The fourth-order valence-electron chi connectivity index (χ4n) is 3.41. The molecule has 1 aromatic rings. The van der Waals surface area contributed by atoms with Crippen LogP contribution in [0.4, 0.5) is 0 Å². The molecule has 2 heterocycles. The molecule has 1 saturated heterocycles. The van der Waals surface area contributed by atoms with Gasteiger partial charge in [0.05, 0.1) is 11.4 Å². The maximum absolute atomic E-state index is 13.0. The largest absolute Gasteiger partial charge is 0.486 e. The normalized spacial score (nSPS) is 21.4. The van der Waals surface area contributed by atoms with Crippen molar-refractivity contribution < 1.29 is 27.8 Å². The van der Waals surface area contributed by atoms with Crippen LogP contribution in [0.3, 0.4) is 0 Å². The van der Waals surface area contributed by atoms with E-state index in [1.54, 1.807) is 24.1 Å². The molecule has 9 heteroatoms. The van der Waals surface area contributed by atoms with Crippen LogP contribution in [0.25, 0.3) is 0 Å². The van der Waals surface area contributed by atoms with Crippen molar-refractivity contribution in [2.45, 2.75) is 30.2 Å². The quantitative estimate of drug-likeness (QED) is 0.809. The molecular formula is C17H24N2O6S. The molecule has 3 rings (SSSR count). The van der Waals surface area contributed by atoms with Crippen molar-refractivity contribution in [3.05, 3.63) is 18.2 Å². The molecule has 26 heavy (non-hydrogen) atoms. The van der Waals surface area contributed by atoms with Crippen molar-refractivity contribution >= 4 is 16.0 Å². The summed E-state index contributed by atoms with van der Waals surface area (Å²) >= 11 is 0. The molecule has 8 nitrogen and oxygen atoms in total. The summed E-state index contributed by atoms with van der Waals surface area (Å²) in [7, 11) is -1.86. The van der Waals surface area contributed by atoms with Gasteiger partial charge in [-0.3, -0.25) is 9.69 Å². The molecule has 0 aromatic heterocycles. The Kier molecular flexibility index (Phi) is 5.69. The van der Waals surface area contributed by atoms with Gasteiger partial charge in [0.1, 0.15) is 13.2 Å². The average Bonchev–Trinajstić information content (AvgIpc) is 2.87. The highest BCUT2D eigenvalue weighted by molar-refractivity contribution is 7.89. The summed E-state index contributed by atoms with van der Waals surface area (Å²) in [5, 5.41) is 8.94. The molecule has 1 fully saturated rings. The van der Waals surface area contributed by atoms with Crippen LogP contribution in [0.15, 0.2) is 23.1 Å². The zero-order chi connectivity index (χ0) is 18.7.